The molecule has 1 aromatic rings. The summed E-state index contributed by atoms with van der Waals surface area (Å²) in [4.78, 5) is 29.5. The second kappa shape index (κ2) is 7.29. The summed E-state index contributed by atoms with van der Waals surface area (Å²) < 4.78 is 5.89. The molecule has 2 amide bonds. The predicted octanol–water partition coefficient (Wildman–Crippen LogP) is 3.68. The van der Waals surface area contributed by atoms with Gasteiger partial charge in [0, 0.05) is 25.6 Å². The van der Waals surface area contributed by atoms with E-state index in [0.717, 1.165) is 37.1 Å². The van der Waals surface area contributed by atoms with Gasteiger partial charge in [0.2, 0.25) is 5.91 Å². The van der Waals surface area contributed by atoms with Crippen LogP contribution >= 0.6 is 0 Å². The molecule has 0 N–H and O–H groups in total. The highest BCUT2D eigenvalue weighted by Gasteiger charge is 2.41. The molecule has 0 aliphatic carbocycles. The number of anilines is 1. The maximum absolute atomic E-state index is 12.9. The molecule has 5 heteroatoms. The van der Waals surface area contributed by atoms with Crippen molar-refractivity contribution in [3.63, 3.8) is 0 Å². The van der Waals surface area contributed by atoms with Crippen molar-refractivity contribution in [2.24, 2.45) is 0 Å². The fraction of sp³-hybridized carbons (Fsp3) is 0.619. The minimum Gasteiger partial charge on any atom is -0.476 e. The molecule has 142 valence electrons. The summed E-state index contributed by atoms with van der Waals surface area (Å²) in [5, 5.41) is 0. The van der Waals surface area contributed by atoms with E-state index in [1.54, 1.807) is 18.7 Å². The van der Waals surface area contributed by atoms with E-state index >= 15 is 0 Å². The molecule has 1 unspecified atom stereocenters. The molecule has 1 aromatic carbocycles. The molecule has 1 fully saturated rings. The number of aryl methyl sites for hydroxylation is 1. The fourth-order valence-corrected chi connectivity index (χ4v) is 4.00. The van der Waals surface area contributed by atoms with Crippen LogP contribution in [0.2, 0.25) is 0 Å². The van der Waals surface area contributed by atoms with Crippen LogP contribution in [0.3, 0.4) is 0 Å². The van der Waals surface area contributed by atoms with Crippen molar-refractivity contribution in [1.82, 2.24) is 4.90 Å². The number of nitrogens with zero attached hydrogens (tertiary/aromatic N) is 2. The molecular weight excluding hydrogens is 328 g/mol. The van der Waals surface area contributed by atoms with E-state index in [1.807, 2.05) is 30.0 Å². The topological polar surface area (TPSA) is 49.9 Å². The summed E-state index contributed by atoms with van der Waals surface area (Å²) >= 11 is 0. The number of likely N-dealkylation sites (tertiary alicyclic amines) is 1. The van der Waals surface area contributed by atoms with Gasteiger partial charge < -0.3 is 14.5 Å². The van der Waals surface area contributed by atoms with Gasteiger partial charge in [-0.1, -0.05) is 13.0 Å². The van der Waals surface area contributed by atoms with Crippen LogP contribution in [0.5, 0.6) is 5.75 Å². The normalized spacial score (nSPS) is 22.0. The first-order chi connectivity index (χ1) is 12.3. The van der Waals surface area contributed by atoms with Crippen LogP contribution < -0.4 is 9.64 Å². The molecule has 3 rings (SSSR count). The van der Waals surface area contributed by atoms with Crippen LogP contribution in [0.1, 0.15) is 58.4 Å². The lowest BCUT2D eigenvalue weighted by Crippen LogP contribution is -2.53. The Bertz CT molecular complexity index is 698. The van der Waals surface area contributed by atoms with Crippen LogP contribution in [0, 0.1) is 6.92 Å². The first kappa shape index (κ1) is 18.7. The van der Waals surface area contributed by atoms with Crippen molar-refractivity contribution in [2.75, 3.05) is 18.0 Å². The zero-order valence-electron chi connectivity index (χ0n) is 16.4. The molecule has 0 spiro atoms. The van der Waals surface area contributed by atoms with E-state index in [4.69, 9.17) is 4.74 Å². The number of hydrogen-bond acceptors (Lipinski definition) is 3. The molecule has 5 nitrogen and oxygen atoms in total. The number of rotatable bonds is 4. The third-order valence-corrected chi connectivity index (χ3v) is 5.50. The lowest BCUT2D eigenvalue weighted by atomic mass is 9.99. The van der Waals surface area contributed by atoms with E-state index in [1.165, 1.54) is 6.42 Å². The fourth-order valence-electron chi connectivity index (χ4n) is 4.00. The first-order valence-electron chi connectivity index (χ1n) is 9.74. The highest BCUT2D eigenvalue weighted by molar-refractivity contribution is 6.02. The largest absolute Gasteiger partial charge is 0.476 e. The van der Waals surface area contributed by atoms with Gasteiger partial charge in [0.05, 0.1) is 5.69 Å². The Morgan fingerprint density at radius 3 is 2.81 bits per heavy atom. The average Bonchev–Trinajstić information content (AvgIpc) is 2.62. The number of fused-ring (bicyclic) bond motifs is 1. The lowest BCUT2D eigenvalue weighted by molar-refractivity contribution is -0.135. The summed E-state index contributed by atoms with van der Waals surface area (Å²) in [6, 6.07) is 6.20. The van der Waals surface area contributed by atoms with Gasteiger partial charge in [-0.2, -0.15) is 0 Å². The molecule has 1 saturated heterocycles. The SMILES string of the molecule is CCC1CCCCN1C(=O)CCN1C(=O)C(C)(C)Oc2ccc(C)cc21. The second-order valence-electron chi connectivity index (χ2n) is 7.94. The Kier molecular flexibility index (Phi) is 5.26. The number of amides is 2. The van der Waals surface area contributed by atoms with E-state index in [0.29, 0.717) is 24.8 Å². The predicted molar refractivity (Wildman–Crippen MR) is 102 cm³/mol. The van der Waals surface area contributed by atoms with Crippen molar-refractivity contribution in [2.45, 2.75) is 71.4 Å². The minimum absolute atomic E-state index is 0.0888. The smallest absolute Gasteiger partial charge is 0.270 e. The van der Waals surface area contributed by atoms with Crippen molar-refractivity contribution < 1.29 is 14.3 Å². The van der Waals surface area contributed by atoms with Crippen LogP contribution in [-0.2, 0) is 9.59 Å². The summed E-state index contributed by atoms with van der Waals surface area (Å²) in [7, 11) is 0. The summed E-state index contributed by atoms with van der Waals surface area (Å²) in [5.74, 6) is 0.772. The summed E-state index contributed by atoms with van der Waals surface area (Å²) in [6.45, 7) is 8.94. The standard InChI is InChI=1S/C21H30N2O3/c1-5-16-8-6-7-12-22(16)19(24)11-13-23-17-14-15(2)9-10-18(17)26-21(3,4)20(23)25/h9-10,14,16H,5-8,11-13H2,1-4H3. The Labute approximate surface area is 156 Å². The molecule has 26 heavy (non-hydrogen) atoms. The third kappa shape index (κ3) is 3.57. The number of hydrogen-bond donors (Lipinski definition) is 0. The van der Waals surface area contributed by atoms with Gasteiger partial charge in [-0.15, -0.1) is 0 Å². The van der Waals surface area contributed by atoms with Crippen molar-refractivity contribution in [3.8, 4) is 5.75 Å². The van der Waals surface area contributed by atoms with Crippen LogP contribution in [-0.4, -0.2) is 41.4 Å². The van der Waals surface area contributed by atoms with Gasteiger partial charge in [0.25, 0.3) is 5.91 Å². The quantitative estimate of drug-likeness (QED) is 0.825. The molecule has 2 aliphatic rings. The zero-order chi connectivity index (χ0) is 18.9. The number of ether oxygens (including phenoxy) is 1. The van der Waals surface area contributed by atoms with Crippen molar-refractivity contribution in [3.05, 3.63) is 23.8 Å². The Morgan fingerprint density at radius 2 is 2.08 bits per heavy atom. The maximum atomic E-state index is 12.9. The monoisotopic (exact) mass is 358 g/mol. The minimum atomic E-state index is -0.914. The van der Waals surface area contributed by atoms with E-state index in [-0.39, 0.29) is 11.8 Å². The van der Waals surface area contributed by atoms with Crippen LogP contribution in [0.25, 0.3) is 0 Å². The highest BCUT2D eigenvalue weighted by Crippen LogP contribution is 2.38. The van der Waals surface area contributed by atoms with Gasteiger partial charge in [-0.3, -0.25) is 9.59 Å². The zero-order valence-corrected chi connectivity index (χ0v) is 16.4. The number of piperidine rings is 1. The Balaban J connectivity index is 1.77. The van der Waals surface area contributed by atoms with E-state index in [9.17, 15) is 9.59 Å². The van der Waals surface area contributed by atoms with E-state index in [2.05, 4.69) is 6.92 Å². The number of carbonyl (C=O) groups excluding carboxylic acids is 2. The third-order valence-electron chi connectivity index (χ3n) is 5.50. The average molecular weight is 358 g/mol. The highest BCUT2D eigenvalue weighted by atomic mass is 16.5. The van der Waals surface area contributed by atoms with Gasteiger partial charge >= 0.3 is 0 Å². The van der Waals surface area contributed by atoms with Crippen molar-refractivity contribution >= 4 is 17.5 Å². The summed E-state index contributed by atoms with van der Waals surface area (Å²) in [5.41, 5.74) is 0.925. The number of carbonyl (C=O) groups is 2. The van der Waals surface area contributed by atoms with E-state index < -0.39 is 5.60 Å². The first-order valence-corrected chi connectivity index (χ1v) is 9.74. The molecule has 2 aliphatic heterocycles. The van der Waals surface area contributed by atoms with Crippen molar-refractivity contribution in [1.29, 1.82) is 0 Å². The molecule has 1 atom stereocenters. The van der Waals surface area contributed by atoms with Gasteiger partial charge in [-0.25, -0.2) is 0 Å². The molecule has 0 bridgehead atoms. The number of benzene rings is 1. The van der Waals surface area contributed by atoms with Gasteiger partial charge in [0.15, 0.2) is 5.60 Å². The van der Waals surface area contributed by atoms with Crippen LogP contribution in [0.15, 0.2) is 18.2 Å². The van der Waals surface area contributed by atoms with Gasteiger partial charge in [0.1, 0.15) is 5.75 Å². The molecule has 0 saturated carbocycles. The molecule has 2 heterocycles. The molecule has 0 radical (unpaired) electrons. The summed E-state index contributed by atoms with van der Waals surface area (Å²) in [6.07, 6.45) is 4.72. The Morgan fingerprint density at radius 1 is 1.31 bits per heavy atom. The van der Waals surface area contributed by atoms with Gasteiger partial charge in [-0.05, 0) is 64.2 Å². The van der Waals surface area contributed by atoms with Crippen LogP contribution in [0.4, 0.5) is 5.69 Å². The lowest BCUT2D eigenvalue weighted by Gasteiger charge is -2.40. The Hall–Kier alpha value is -2.04. The maximum Gasteiger partial charge on any atom is 0.270 e. The molecular formula is C21H30N2O3. The second-order valence-corrected chi connectivity index (χ2v) is 7.94. The molecule has 0 aromatic heterocycles.